The third-order valence-electron chi connectivity index (χ3n) is 5.69. The van der Waals surface area contributed by atoms with E-state index in [4.69, 9.17) is 4.74 Å². The SMILES string of the molecule is CCOC(=O)c1c2c(c3[nH]c4ccc(F)cc4c3c1C#N)CCc1cc(Br)ccc1-2. The summed E-state index contributed by atoms with van der Waals surface area (Å²) in [6, 6.07) is 12.6. The summed E-state index contributed by atoms with van der Waals surface area (Å²) in [5.41, 5.74) is 5.71. The van der Waals surface area contributed by atoms with Crippen molar-refractivity contribution in [3.8, 4) is 17.2 Å². The Bertz CT molecular complexity index is 1410. The number of H-pyrrole nitrogens is 1. The fourth-order valence-electron chi connectivity index (χ4n) is 4.52. The second-order valence-electron chi connectivity index (χ2n) is 7.30. The van der Waals surface area contributed by atoms with Crippen LogP contribution in [0.25, 0.3) is 32.9 Å². The molecule has 0 fully saturated rings. The van der Waals surface area contributed by atoms with E-state index in [1.54, 1.807) is 13.0 Å². The predicted octanol–water partition coefficient (Wildman–Crippen LogP) is 6.04. The Hall–Kier alpha value is -3.17. The number of nitrogens with zero attached hydrogens (tertiary/aromatic N) is 1. The van der Waals surface area contributed by atoms with E-state index in [2.05, 4.69) is 27.0 Å². The molecule has 1 aliphatic carbocycles. The number of halogens is 2. The number of nitriles is 1. The van der Waals surface area contributed by atoms with Crippen molar-refractivity contribution in [3.63, 3.8) is 0 Å². The number of aryl methyl sites for hydroxylation is 2. The Labute approximate surface area is 180 Å². The summed E-state index contributed by atoms with van der Waals surface area (Å²) in [5.74, 6) is -0.924. The molecule has 1 aromatic heterocycles. The first kappa shape index (κ1) is 18.8. The lowest BCUT2D eigenvalue weighted by Crippen LogP contribution is -2.15. The molecule has 0 aliphatic heterocycles. The number of benzene rings is 3. The van der Waals surface area contributed by atoms with Gasteiger partial charge in [0.15, 0.2) is 0 Å². The third-order valence-corrected chi connectivity index (χ3v) is 6.18. The zero-order valence-corrected chi connectivity index (χ0v) is 17.7. The van der Waals surface area contributed by atoms with Crippen LogP contribution in [0.15, 0.2) is 40.9 Å². The smallest absolute Gasteiger partial charge is 0.340 e. The van der Waals surface area contributed by atoms with Gasteiger partial charge in [-0.15, -0.1) is 0 Å². The zero-order chi connectivity index (χ0) is 21.0. The molecule has 0 amide bonds. The van der Waals surface area contributed by atoms with Crippen molar-refractivity contribution >= 4 is 43.7 Å². The van der Waals surface area contributed by atoms with Crippen LogP contribution in [0.3, 0.4) is 0 Å². The average Bonchev–Trinajstić information content (AvgIpc) is 3.11. The van der Waals surface area contributed by atoms with Gasteiger partial charge in [0.1, 0.15) is 11.9 Å². The van der Waals surface area contributed by atoms with E-state index in [1.165, 1.54) is 12.1 Å². The van der Waals surface area contributed by atoms with Crippen LogP contribution in [0.2, 0.25) is 0 Å². The second-order valence-corrected chi connectivity index (χ2v) is 8.22. The number of ether oxygens (including phenoxy) is 1. The first-order chi connectivity index (χ1) is 14.5. The maximum atomic E-state index is 14.0. The summed E-state index contributed by atoms with van der Waals surface area (Å²) in [4.78, 5) is 16.4. The second kappa shape index (κ2) is 6.96. The van der Waals surface area contributed by atoms with Gasteiger partial charge in [-0.25, -0.2) is 9.18 Å². The van der Waals surface area contributed by atoms with Crippen LogP contribution in [0, 0.1) is 17.1 Å². The lowest BCUT2D eigenvalue weighted by Gasteiger charge is -2.24. The predicted molar refractivity (Wildman–Crippen MR) is 117 cm³/mol. The molecule has 5 rings (SSSR count). The van der Waals surface area contributed by atoms with Crippen LogP contribution < -0.4 is 0 Å². The minimum atomic E-state index is -0.534. The first-order valence-corrected chi connectivity index (χ1v) is 10.5. The molecule has 0 bridgehead atoms. The van der Waals surface area contributed by atoms with Crippen molar-refractivity contribution in [2.45, 2.75) is 19.8 Å². The Morgan fingerprint density at radius 3 is 2.87 bits per heavy atom. The number of hydrogen-bond acceptors (Lipinski definition) is 3. The molecule has 1 aliphatic rings. The minimum absolute atomic E-state index is 0.201. The Morgan fingerprint density at radius 2 is 2.10 bits per heavy atom. The topological polar surface area (TPSA) is 65.9 Å². The van der Waals surface area contributed by atoms with Crippen molar-refractivity contribution in [2.24, 2.45) is 0 Å². The summed E-state index contributed by atoms with van der Waals surface area (Å²) in [7, 11) is 0. The van der Waals surface area contributed by atoms with Crippen molar-refractivity contribution in [2.75, 3.05) is 6.61 Å². The van der Waals surface area contributed by atoms with E-state index >= 15 is 0 Å². The molecule has 0 atom stereocenters. The zero-order valence-electron chi connectivity index (χ0n) is 16.1. The van der Waals surface area contributed by atoms with Gasteiger partial charge in [0, 0.05) is 26.3 Å². The monoisotopic (exact) mass is 462 g/mol. The molecule has 0 unspecified atom stereocenters. The van der Waals surface area contributed by atoms with Gasteiger partial charge in [-0.2, -0.15) is 5.26 Å². The molecule has 6 heteroatoms. The van der Waals surface area contributed by atoms with E-state index in [0.717, 1.165) is 44.2 Å². The Morgan fingerprint density at radius 1 is 1.27 bits per heavy atom. The van der Waals surface area contributed by atoms with Gasteiger partial charge in [-0.1, -0.05) is 22.0 Å². The number of aromatic amines is 1. The molecule has 0 radical (unpaired) electrons. The molecule has 1 N–H and O–H groups in total. The highest BCUT2D eigenvalue weighted by Gasteiger charge is 2.31. The Kier molecular flexibility index (Phi) is 4.37. The minimum Gasteiger partial charge on any atom is -0.462 e. The number of esters is 1. The van der Waals surface area contributed by atoms with Gasteiger partial charge in [-0.05, 0) is 66.8 Å². The van der Waals surface area contributed by atoms with E-state index in [0.29, 0.717) is 17.2 Å². The molecule has 30 heavy (non-hydrogen) atoms. The number of hydrogen-bond donors (Lipinski definition) is 1. The fraction of sp³-hybridized carbons (Fsp3) is 0.167. The highest BCUT2D eigenvalue weighted by Crippen LogP contribution is 2.45. The maximum Gasteiger partial charge on any atom is 0.340 e. The van der Waals surface area contributed by atoms with Crippen LogP contribution in [0.5, 0.6) is 0 Å². The maximum absolute atomic E-state index is 14.0. The standard InChI is InChI=1S/C24H16BrFN2O2/c1-2-30-24(29)22-18(11-27)21-17-10-14(26)5-8-19(17)28-23(21)16-6-3-12-9-13(25)4-7-15(12)20(16)22/h4-5,7-10,28H,2-3,6H2,1H3. The third kappa shape index (κ3) is 2.66. The van der Waals surface area contributed by atoms with E-state index < -0.39 is 11.8 Å². The molecular formula is C24H16BrFN2O2. The number of rotatable bonds is 2. The first-order valence-electron chi connectivity index (χ1n) is 9.69. The number of carbonyl (C=O) groups excluding carboxylic acids is 1. The molecule has 4 nitrogen and oxygen atoms in total. The number of fused-ring (bicyclic) bond motifs is 7. The van der Waals surface area contributed by atoms with Crippen LogP contribution in [0.1, 0.15) is 34.0 Å². The van der Waals surface area contributed by atoms with Crippen LogP contribution >= 0.6 is 15.9 Å². The average molecular weight is 463 g/mol. The summed E-state index contributed by atoms with van der Waals surface area (Å²) in [5, 5.41) is 11.3. The number of aromatic nitrogens is 1. The molecule has 0 saturated heterocycles. The lowest BCUT2D eigenvalue weighted by atomic mass is 9.79. The molecule has 4 aromatic rings. The Balaban J connectivity index is 2.00. The van der Waals surface area contributed by atoms with Crippen LogP contribution in [-0.4, -0.2) is 17.6 Å². The largest absolute Gasteiger partial charge is 0.462 e. The van der Waals surface area contributed by atoms with Gasteiger partial charge in [-0.3, -0.25) is 0 Å². The lowest BCUT2D eigenvalue weighted by molar-refractivity contribution is 0.0527. The fourth-order valence-corrected chi connectivity index (χ4v) is 4.92. The molecule has 148 valence electrons. The van der Waals surface area contributed by atoms with E-state index in [-0.39, 0.29) is 17.7 Å². The summed E-state index contributed by atoms with van der Waals surface area (Å²) < 4.78 is 20.4. The van der Waals surface area contributed by atoms with Crippen molar-refractivity contribution in [3.05, 3.63) is 68.9 Å². The number of carbonyl (C=O) groups is 1. The van der Waals surface area contributed by atoms with E-state index in [9.17, 15) is 14.4 Å². The summed E-state index contributed by atoms with van der Waals surface area (Å²) in [6.07, 6.45) is 1.50. The van der Waals surface area contributed by atoms with Gasteiger partial charge in [0.2, 0.25) is 0 Å². The molecule has 0 saturated carbocycles. The normalized spacial score (nSPS) is 12.5. The van der Waals surface area contributed by atoms with Gasteiger partial charge >= 0.3 is 5.97 Å². The van der Waals surface area contributed by atoms with Crippen molar-refractivity contribution in [1.29, 1.82) is 5.26 Å². The molecule has 1 heterocycles. The quantitative estimate of drug-likeness (QED) is 0.369. The van der Waals surface area contributed by atoms with Crippen molar-refractivity contribution in [1.82, 2.24) is 4.98 Å². The van der Waals surface area contributed by atoms with Crippen LogP contribution in [-0.2, 0) is 17.6 Å². The van der Waals surface area contributed by atoms with Gasteiger partial charge in [0.25, 0.3) is 0 Å². The van der Waals surface area contributed by atoms with Crippen LogP contribution in [0.4, 0.5) is 4.39 Å². The molecule has 0 spiro atoms. The number of nitrogens with one attached hydrogen (secondary N) is 1. The van der Waals surface area contributed by atoms with Crippen molar-refractivity contribution < 1.29 is 13.9 Å². The van der Waals surface area contributed by atoms with Gasteiger partial charge < -0.3 is 9.72 Å². The molecular weight excluding hydrogens is 447 g/mol. The molecule has 3 aromatic carbocycles. The van der Waals surface area contributed by atoms with Gasteiger partial charge in [0.05, 0.1) is 23.3 Å². The highest BCUT2D eigenvalue weighted by atomic mass is 79.9. The highest BCUT2D eigenvalue weighted by molar-refractivity contribution is 9.10. The van der Waals surface area contributed by atoms with E-state index in [1.807, 2.05) is 18.2 Å². The summed E-state index contributed by atoms with van der Waals surface area (Å²) >= 11 is 3.51. The summed E-state index contributed by atoms with van der Waals surface area (Å²) in [6.45, 7) is 1.94.